The van der Waals surface area contributed by atoms with Gasteiger partial charge < -0.3 is 9.47 Å². The smallest absolute Gasteiger partial charge is 0.272 e. The molecule has 0 heterocycles. The Morgan fingerprint density at radius 2 is 1.69 bits per heavy atom. The van der Waals surface area contributed by atoms with Gasteiger partial charge >= 0.3 is 0 Å². The summed E-state index contributed by atoms with van der Waals surface area (Å²) in [6.45, 7) is 2.70. The SMILES string of the molecule is CCOc1cc(/C=N\NC(=O)c2ccc(Cl)cc2Cl)c(Br)cc1OCc1ccc(Cl)cc1. The molecule has 3 aromatic carbocycles. The van der Waals surface area contributed by atoms with Crippen LogP contribution in [0.2, 0.25) is 15.1 Å². The van der Waals surface area contributed by atoms with E-state index in [0.717, 1.165) is 10.0 Å². The summed E-state index contributed by atoms with van der Waals surface area (Å²) in [5.41, 5.74) is 4.39. The van der Waals surface area contributed by atoms with Crippen molar-refractivity contribution in [2.24, 2.45) is 5.10 Å². The molecule has 1 amide bonds. The van der Waals surface area contributed by atoms with Crippen LogP contribution in [0.5, 0.6) is 11.5 Å². The number of carbonyl (C=O) groups is 1. The number of ether oxygens (including phenoxy) is 2. The number of hydrogen-bond acceptors (Lipinski definition) is 4. The zero-order chi connectivity index (χ0) is 23.1. The third-order valence-corrected chi connectivity index (χ3v) is 5.70. The lowest BCUT2D eigenvalue weighted by molar-refractivity contribution is 0.0955. The Morgan fingerprint density at radius 3 is 2.38 bits per heavy atom. The highest BCUT2D eigenvalue weighted by molar-refractivity contribution is 9.10. The van der Waals surface area contributed by atoms with E-state index < -0.39 is 5.91 Å². The van der Waals surface area contributed by atoms with E-state index >= 15 is 0 Å². The lowest BCUT2D eigenvalue weighted by Gasteiger charge is -2.14. The molecule has 0 spiro atoms. The minimum absolute atomic E-state index is 0.243. The van der Waals surface area contributed by atoms with Crippen LogP contribution in [0.25, 0.3) is 0 Å². The van der Waals surface area contributed by atoms with E-state index in [1.54, 1.807) is 18.2 Å². The van der Waals surface area contributed by atoms with Gasteiger partial charge in [-0.15, -0.1) is 0 Å². The van der Waals surface area contributed by atoms with Crippen molar-refractivity contribution in [3.8, 4) is 11.5 Å². The van der Waals surface area contributed by atoms with Crippen LogP contribution in [0.1, 0.15) is 28.4 Å². The Hall–Kier alpha value is -2.25. The lowest BCUT2D eigenvalue weighted by Crippen LogP contribution is -2.18. The summed E-state index contributed by atoms with van der Waals surface area (Å²) in [5.74, 6) is 0.674. The van der Waals surface area contributed by atoms with Crippen LogP contribution in [0, 0.1) is 0 Å². The number of halogens is 4. The first kappa shape index (κ1) is 24.4. The molecule has 0 saturated heterocycles. The summed E-state index contributed by atoms with van der Waals surface area (Å²) in [6, 6.07) is 15.6. The molecule has 166 valence electrons. The molecule has 0 aliphatic heterocycles. The average Bonchev–Trinajstić information content (AvgIpc) is 2.75. The Kier molecular flexibility index (Phi) is 8.82. The first-order valence-electron chi connectivity index (χ1n) is 9.49. The van der Waals surface area contributed by atoms with E-state index in [-0.39, 0.29) is 10.6 Å². The number of benzene rings is 3. The van der Waals surface area contributed by atoms with Crippen LogP contribution < -0.4 is 14.9 Å². The van der Waals surface area contributed by atoms with E-state index in [9.17, 15) is 4.79 Å². The summed E-state index contributed by atoms with van der Waals surface area (Å²) in [4.78, 5) is 12.3. The molecule has 3 aromatic rings. The molecular formula is C23H18BrCl3N2O3. The number of hydrogen-bond donors (Lipinski definition) is 1. The molecule has 0 bridgehead atoms. The van der Waals surface area contributed by atoms with Crippen molar-refractivity contribution in [3.63, 3.8) is 0 Å². The molecule has 5 nitrogen and oxygen atoms in total. The van der Waals surface area contributed by atoms with Gasteiger partial charge in [0.25, 0.3) is 5.91 Å². The minimum atomic E-state index is -0.452. The third-order valence-electron chi connectivity index (χ3n) is 4.22. The van der Waals surface area contributed by atoms with Crippen LogP contribution in [0.4, 0.5) is 0 Å². The Balaban J connectivity index is 1.72. The number of rotatable bonds is 8. The first-order valence-corrected chi connectivity index (χ1v) is 11.4. The maximum Gasteiger partial charge on any atom is 0.272 e. The number of nitrogens with one attached hydrogen (secondary N) is 1. The quantitative estimate of drug-likeness (QED) is 0.237. The monoisotopic (exact) mass is 554 g/mol. The van der Waals surface area contributed by atoms with Gasteiger partial charge in [-0.05, 0) is 70.9 Å². The predicted octanol–water partition coefficient (Wildman–Crippen LogP) is 7.15. The average molecular weight is 557 g/mol. The maximum atomic E-state index is 12.3. The van der Waals surface area contributed by atoms with E-state index in [0.29, 0.717) is 40.3 Å². The molecular weight excluding hydrogens is 539 g/mol. The molecule has 0 fully saturated rings. The summed E-state index contributed by atoms with van der Waals surface area (Å²) in [6.07, 6.45) is 1.50. The summed E-state index contributed by atoms with van der Waals surface area (Å²) in [7, 11) is 0. The number of nitrogens with zero attached hydrogens (tertiary/aromatic N) is 1. The van der Waals surface area contributed by atoms with E-state index in [2.05, 4.69) is 26.5 Å². The van der Waals surface area contributed by atoms with Crippen LogP contribution in [0.15, 0.2) is 64.2 Å². The molecule has 0 saturated carbocycles. The van der Waals surface area contributed by atoms with E-state index in [1.807, 2.05) is 31.2 Å². The van der Waals surface area contributed by atoms with Gasteiger partial charge in [-0.2, -0.15) is 5.10 Å². The highest BCUT2D eigenvalue weighted by atomic mass is 79.9. The van der Waals surface area contributed by atoms with Crippen LogP contribution in [-0.4, -0.2) is 18.7 Å². The minimum Gasteiger partial charge on any atom is -0.490 e. The van der Waals surface area contributed by atoms with Crippen LogP contribution >= 0.6 is 50.7 Å². The van der Waals surface area contributed by atoms with Gasteiger partial charge in [-0.25, -0.2) is 5.43 Å². The topological polar surface area (TPSA) is 59.9 Å². The second-order valence-electron chi connectivity index (χ2n) is 6.49. The fourth-order valence-electron chi connectivity index (χ4n) is 2.67. The number of hydrazone groups is 1. The van der Waals surface area contributed by atoms with Gasteiger partial charge in [-0.1, -0.05) is 46.9 Å². The van der Waals surface area contributed by atoms with Gasteiger partial charge in [-0.3, -0.25) is 4.79 Å². The second kappa shape index (κ2) is 11.6. The van der Waals surface area contributed by atoms with Crippen LogP contribution in [0.3, 0.4) is 0 Å². The molecule has 9 heteroatoms. The fourth-order valence-corrected chi connectivity index (χ4v) is 3.71. The van der Waals surface area contributed by atoms with Crippen molar-refractivity contribution in [2.45, 2.75) is 13.5 Å². The standard InChI is InChI=1S/C23H18BrCl3N2O3/c1-2-31-21-9-15(12-28-29-23(30)18-8-7-17(26)10-20(18)27)19(24)11-22(21)32-13-14-3-5-16(25)6-4-14/h3-12H,2,13H2,1H3,(H,29,30)/b28-12-. The lowest BCUT2D eigenvalue weighted by atomic mass is 10.2. The number of carbonyl (C=O) groups excluding carboxylic acids is 1. The third kappa shape index (κ3) is 6.62. The molecule has 0 atom stereocenters. The van der Waals surface area contributed by atoms with Crippen molar-refractivity contribution >= 4 is 62.9 Å². The predicted molar refractivity (Wildman–Crippen MR) is 133 cm³/mol. The summed E-state index contributed by atoms with van der Waals surface area (Å²) >= 11 is 21.4. The highest BCUT2D eigenvalue weighted by Crippen LogP contribution is 2.34. The van der Waals surface area contributed by atoms with Crippen molar-refractivity contribution in [3.05, 3.63) is 90.8 Å². The molecule has 0 aromatic heterocycles. The van der Waals surface area contributed by atoms with Crippen molar-refractivity contribution < 1.29 is 14.3 Å². The highest BCUT2D eigenvalue weighted by Gasteiger charge is 2.12. The molecule has 32 heavy (non-hydrogen) atoms. The molecule has 0 aliphatic rings. The molecule has 0 unspecified atom stereocenters. The van der Waals surface area contributed by atoms with Gasteiger partial charge in [0.1, 0.15) is 6.61 Å². The molecule has 1 N–H and O–H groups in total. The number of amides is 1. The maximum absolute atomic E-state index is 12.3. The van der Waals surface area contributed by atoms with Crippen LogP contribution in [-0.2, 0) is 6.61 Å². The normalized spacial score (nSPS) is 10.9. The summed E-state index contributed by atoms with van der Waals surface area (Å²) < 4.78 is 12.4. The van der Waals surface area contributed by atoms with Gasteiger partial charge in [0.2, 0.25) is 0 Å². The molecule has 0 radical (unpaired) electrons. The fraction of sp³-hybridized carbons (Fsp3) is 0.130. The van der Waals surface area contributed by atoms with Crippen molar-refractivity contribution in [1.29, 1.82) is 0 Å². The van der Waals surface area contributed by atoms with Crippen molar-refractivity contribution in [2.75, 3.05) is 6.61 Å². The molecule has 0 aliphatic carbocycles. The molecule has 3 rings (SSSR count). The zero-order valence-corrected chi connectivity index (χ0v) is 20.7. The first-order chi connectivity index (χ1) is 15.4. The summed E-state index contributed by atoms with van der Waals surface area (Å²) in [5, 5.41) is 5.38. The van der Waals surface area contributed by atoms with E-state index in [1.165, 1.54) is 18.3 Å². The van der Waals surface area contributed by atoms with Gasteiger partial charge in [0.15, 0.2) is 11.5 Å². The van der Waals surface area contributed by atoms with E-state index in [4.69, 9.17) is 44.3 Å². The van der Waals surface area contributed by atoms with Gasteiger partial charge in [0.05, 0.1) is 23.4 Å². The second-order valence-corrected chi connectivity index (χ2v) is 8.63. The Labute approximate surface area is 209 Å². The zero-order valence-electron chi connectivity index (χ0n) is 16.9. The van der Waals surface area contributed by atoms with Crippen molar-refractivity contribution in [1.82, 2.24) is 5.43 Å². The Morgan fingerprint density at radius 1 is 1.00 bits per heavy atom. The van der Waals surface area contributed by atoms with Gasteiger partial charge in [0, 0.05) is 20.1 Å². The Bertz CT molecular complexity index is 1140. The largest absolute Gasteiger partial charge is 0.490 e.